The van der Waals surface area contributed by atoms with Gasteiger partial charge in [0, 0.05) is 0 Å². The third-order valence-electron chi connectivity index (χ3n) is 3.48. The van der Waals surface area contributed by atoms with Crippen LogP contribution in [0, 0.1) is 46.5 Å². The van der Waals surface area contributed by atoms with E-state index in [0.717, 1.165) is 0 Å². The topological polar surface area (TPSA) is 40.5 Å². The third-order valence-corrected chi connectivity index (χ3v) is 3.48. The van der Waals surface area contributed by atoms with Gasteiger partial charge < -0.3 is 10.2 Å². The summed E-state index contributed by atoms with van der Waals surface area (Å²) in [6.45, 7) is 0. The van der Waals surface area contributed by atoms with Crippen LogP contribution in [0.4, 0.5) is 35.1 Å². The summed E-state index contributed by atoms with van der Waals surface area (Å²) in [6.07, 6.45) is 0. The van der Waals surface area contributed by atoms with Crippen LogP contribution in [0.2, 0.25) is 0 Å². The fraction of sp³-hybridized carbons (Fsp3) is 0. The van der Waals surface area contributed by atoms with Gasteiger partial charge in [0.1, 0.15) is 11.6 Å². The van der Waals surface area contributed by atoms with Gasteiger partial charge in [-0.3, -0.25) is 0 Å². The van der Waals surface area contributed by atoms with E-state index in [0.29, 0.717) is 0 Å². The van der Waals surface area contributed by atoms with Gasteiger partial charge in [-0.25, -0.2) is 30.7 Å². The van der Waals surface area contributed by atoms with E-state index in [1.807, 2.05) is 0 Å². The number of aromatic hydroxyl groups is 2. The van der Waals surface area contributed by atoms with E-state index in [1.165, 1.54) is 0 Å². The fourth-order valence-corrected chi connectivity index (χ4v) is 2.38. The molecule has 126 valence electrons. The Balaban J connectivity index is 2.82. The maximum atomic E-state index is 14.3. The zero-order valence-corrected chi connectivity index (χ0v) is 10.9. The first-order valence-electron chi connectivity index (χ1n) is 5.96. The molecule has 0 aromatic heterocycles. The van der Waals surface area contributed by atoms with Crippen molar-refractivity contribution in [1.82, 2.24) is 0 Å². The van der Waals surface area contributed by atoms with Crippen LogP contribution in [0.5, 0.6) is 11.5 Å². The summed E-state index contributed by atoms with van der Waals surface area (Å²) in [5, 5.41) is 11.6. The molecule has 0 saturated carbocycles. The molecule has 0 heterocycles. The molecule has 0 atom stereocenters. The van der Waals surface area contributed by atoms with E-state index in [1.54, 1.807) is 0 Å². The van der Waals surface area contributed by atoms with E-state index in [4.69, 9.17) is 5.11 Å². The highest BCUT2D eigenvalue weighted by Crippen LogP contribution is 2.44. The van der Waals surface area contributed by atoms with Crippen LogP contribution in [0.15, 0.2) is 0 Å². The molecule has 0 unspecified atom stereocenters. The highest BCUT2D eigenvalue weighted by Gasteiger charge is 2.32. The molecular formula is C14H2F8O2. The molecule has 0 bridgehead atoms. The molecule has 10 heteroatoms. The van der Waals surface area contributed by atoms with Crippen LogP contribution in [0.1, 0.15) is 0 Å². The Kier molecular flexibility index (Phi) is 3.26. The van der Waals surface area contributed by atoms with Crippen LogP contribution in [0.3, 0.4) is 0 Å². The highest BCUT2D eigenvalue weighted by atomic mass is 19.2. The smallest absolute Gasteiger partial charge is 0.210 e. The van der Waals surface area contributed by atoms with Crippen LogP contribution >= 0.6 is 0 Å². The molecule has 0 aliphatic carbocycles. The van der Waals surface area contributed by atoms with Crippen LogP contribution in [0.25, 0.3) is 21.5 Å². The standard InChI is InChI=1S/C14H2F8O2/c15-5-1-2(8(18)11(21)10(20)7(1)17)6(16)4-3(5)9(19)14(24)12(22)13(4)23/h23-24H. The normalized spacial score (nSPS) is 11.7. The molecule has 3 aromatic carbocycles. The van der Waals surface area contributed by atoms with E-state index in [9.17, 15) is 40.2 Å². The summed E-state index contributed by atoms with van der Waals surface area (Å²) in [4.78, 5) is 0. The summed E-state index contributed by atoms with van der Waals surface area (Å²) in [7, 11) is 0. The molecular weight excluding hydrogens is 352 g/mol. The summed E-state index contributed by atoms with van der Waals surface area (Å²) < 4.78 is 110. The summed E-state index contributed by atoms with van der Waals surface area (Å²) in [5.74, 6) is -22.0. The van der Waals surface area contributed by atoms with Crippen LogP contribution in [-0.2, 0) is 0 Å². The predicted molar refractivity (Wildman–Crippen MR) is 64.4 cm³/mol. The molecule has 0 spiro atoms. The quantitative estimate of drug-likeness (QED) is 0.270. The number of rotatable bonds is 0. The first-order valence-corrected chi connectivity index (χ1v) is 5.96. The van der Waals surface area contributed by atoms with Gasteiger partial charge in [0.05, 0.1) is 21.5 Å². The summed E-state index contributed by atoms with van der Waals surface area (Å²) in [6, 6.07) is 0. The first-order chi connectivity index (χ1) is 11.1. The van der Waals surface area contributed by atoms with Crippen molar-refractivity contribution in [3.63, 3.8) is 0 Å². The van der Waals surface area contributed by atoms with Gasteiger partial charge in [0.2, 0.25) is 5.82 Å². The second kappa shape index (κ2) is 4.86. The number of halogens is 8. The Morgan fingerprint density at radius 1 is 0.333 bits per heavy atom. The van der Waals surface area contributed by atoms with Gasteiger partial charge in [-0.2, -0.15) is 4.39 Å². The highest BCUT2D eigenvalue weighted by molar-refractivity contribution is 6.03. The molecule has 3 rings (SSSR count). The largest absolute Gasteiger partial charge is 0.504 e. The average Bonchev–Trinajstić information content (AvgIpc) is 2.55. The molecule has 0 radical (unpaired) electrons. The Morgan fingerprint density at radius 3 is 1.17 bits per heavy atom. The van der Waals surface area contributed by atoms with Gasteiger partial charge in [0.25, 0.3) is 0 Å². The molecule has 2 N–H and O–H groups in total. The molecule has 2 nitrogen and oxygen atoms in total. The number of hydrogen-bond acceptors (Lipinski definition) is 2. The van der Waals surface area contributed by atoms with Crippen molar-refractivity contribution in [2.24, 2.45) is 0 Å². The SMILES string of the molecule is Oc1c(F)c(O)c2c(F)c3c(F)c(F)c(F)c(F)c3c(F)c2c1F. The molecule has 0 amide bonds. The minimum Gasteiger partial charge on any atom is -0.504 e. The Labute approximate surface area is 126 Å². The Morgan fingerprint density at radius 2 is 0.708 bits per heavy atom. The van der Waals surface area contributed by atoms with Gasteiger partial charge in [0.15, 0.2) is 40.6 Å². The van der Waals surface area contributed by atoms with Crippen molar-refractivity contribution >= 4 is 21.5 Å². The molecule has 0 fully saturated rings. The van der Waals surface area contributed by atoms with E-state index in [2.05, 4.69) is 0 Å². The lowest BCUT2D eigenvalue weighted by atomic mass is 9.98. The minimum absolute atomic E-state index is 1.61. The van der Waals surface area contributed by atoms with E-state index >= 15 is 0 Å². The predicted octanol–water partition coefficient (Wildman–Crippen LogP) is 4.52. The van der Waals surface area contributed by atoms with Crippen molar-refractivity contribution in [1.29, 1.82) is 0 Å². The Hall–Kier alpha value is -2.78. The van der Waals surface area contributed by atoms with Crippen molar-refractivity contribution < 1.29 is 45.3 Å². The molecule has 0 saturated heterocycles. The van der Waals surface area contributed by atoms with Gasteiger partial charge in [-0.05, 0) is 0 Å². The van der Waals surface area contributed by atoms with E-state index < -0.39 is 79.6 Å². The molecule has 24 heavy (non-hydrogen) atoms. The molecule has 0 aliphatic heterocycles. The van der Waals surface area contributed by atoms with Crippen LogP contribution in [-0.4, -0.2) is 10.2 Å². The monoisotopic (exact) mass is 354 g/mol. The van der Waals surface area contributed by atoms with Crippen molar-refractivity contribution in [3.05, 3.63) is 46.5 Å². The lowest BCUT2D eigenvalue weighted by molar-refractivity contribution is 0.370. The van der Waals surface area contributed by atoms with Gasteiger partial charge in [-0.1, -0.05) is 0 Å². The fourth-order valence-electron chi connectivity index (χ4n) is 2.38. The maximum Gasteiger partial charge on any atom is 0.210 e. The lowest BCUT2D eigenvalue weighted by Crippen LogP contribution is -2.04. The number of fused-ring (bicyclic) bond motifs is 2. The minimum atomic E-state index is -2.49. The third kappa shape index (κ3) is 1.70. The maximum absolute atomic E-state index is 14.3. The van der Waals surface area contributed by atoms with E-state index in [-0.39, 0.29) is 0 Å². The number of phenols is 2. The van der Waals surface area contributed by atoms with Crippen molar-refractivity contribution in [2.45, 2.75) is 0 Å². The molecule has 0 aliphatic rings. The second-order valence-electron chi connectivity index (χ2n) is 4.71. The number of phenolic OH excluding ortho intramolecular Hbond substituents is 2. The van der Waals surface area contributed by atoms with Gasteiger partial charge >= 0.3 is 0 Å². The van der Waals surface area contributed by atoms with Crippen LogP contribution < -0.4 is 0 Å². The zero-order valence-electron chi connectivity index (χ0n) is 10.9. The number of hydrogen-bond donors (Lipinski definition) is 2. The van der Waals surface area contributed by atoms with Crippen molar-refractivity contribution in [2.75, 3.05) is 0 Å². The average molecular weight is 354 g/mol. The summed E-state index contributed by atoms with van der Waals surface area (Å²) in [5.41, 5.74) is 0. The first kappa shape index (κ1) is 16.1. The Bertz CT molecular complexity index is 896. The van der Waals surface area contributed by atoms with Gasteiger partial charge in [-0.15, -0.1) is 0 Å². The lowest BCUT2D eigenvalue weighted by Gasteiger charge is -2.13. The zero-order chi connectivity index (χ0) is 18.1. The number of benzene rings is 3. The van der Waals surface area contributed by atoms with Crippen molar-refractivity contribution in [3.8, 4) is 11.5 Å². The summed E-state index contributed by atoms with van der Waals surface area (Å²) >= 11 is 0. The molecule has 3 aromatic rings. The second-order valence-corrected chi connectivity index (χ2v) is 4.71.